The number of aromatic nitrogens is 1. The third-order valence-electron chi connectivity index (χ3n) is 5.43. The van der Waals surface area contributed by atoms with E-state index in [4.69, 9.17) is 0 Å². The van der Waals surface area contributed by atoms with Crippen molar-refractivity contribution in [2.24, 2.45) is 11.8 Å². The summed E-state index contributed by atoms with van der Waals surface area (Å²) in [5, 5.41) is 3.34. The van der Waals surface area contributed by atoms with Crippen molar-refractivity contribution < 1.29 is 13.2 Å². The number of sulfonamides is 1. The number of rotatable bonds is 4. The van der Waals surface area contributed by atoms with Crippen LogP contribution < -0.4 is 5.32 Å². The van der Waals surface area contributed by atoms with Crippen molar-refractivity contribution >= 4 is 42.6 Å². The number of thiazole rings is 1. The quantitative estimate of drug-likeness (QED) is 0.643. The predicted octanol–water partition coefficient (Wildman–Crippen LogP) is 4.52. The first kappa shape index (κ1) is 21.0. The molecule has 2 atom stereocenters. The Kier molecular flexibility index (Phi) is 5.65. The van der Waals surface area contributed by atoms with Gasteiger partial charge in [-0.25, -0.2) is 13.4 Å². The summed E-state index contributed by atoms with van der Waals surface area (Å²) in [6.07, 6.45) is 1.04. The Bertz CT molecular complexity index is 1180. The number of fused-ring (bicyclic) bond motifs is 1. The van der Waals surface area contributed by atoms with E-state index in [1.54, 1.807) is 16.4 Å². The second-order valence-corrected chi connectivity index (χ2v) is 11.2. The van der Waals surface area contributed by atoms with Gasteiger partial charge in [0.2, 0.25) is 10.0 Å². The molecule has 158 valence electrons. The molecular weight excluding hydrogens is 418 g/mol. The summed E-state index contributed by atoms with van der Waals surface area (Å²) >= 11 is 1.42. The molecule has 1 amide bonds. The van der Waals surface area contributed by atoms with Gasteiger partial charge in [-0.15, -0.1) is 0 Å². The van der Waals surface area contributed by atoms with E-state index < -0.39 is 10.0 Å². The fourth-order valence-corrected chi connectivity index (χ4v) is 6.66. The van der Waals surface area contributed by atoms with Crippen molar-refractivity contribution in [2.75, 3.05) is 18.4 Å². The second-order valence-electron chi connectivity index (χ2n) is 8.19. The molecule has 0 aliphatic carbocycles. The average molecular weight is 444 g/mol. The van der Waals surface area contributed by atoms with Crippen molar-refractivity contribution in [2.45, 2.75) is 32.1 Å². The van der Waals surface area contributed by atoms with Crippen molar-refractivity contribution in [1.29, 1.82) is 0 Å². The van der Waals surface area contributed by atoms with Gasteiger partial charge in [0.25, 0.3) is 5.91 Å². The molecule has 3 aromatic rings. The lowest BCUT2D eigenvalue weighted by atomic mass is 9.94. The maximum absolute atomic E-state index is 13.0. The minimum atomic E-state index is -3.56. The maximum Gasteiger partial charge on any atom is 0.257 e. The van der Waals surface area contributed by atoms with Crippen molar-refractivity contribution in [3.8, 4) is 0 Å². The average Bonchev–Trinajstić information content (AvgIpc) is 3.11. The van der Waals surface area contributed by atoms with Crippen molar-refractivity contribution in [3.63, 3.8) is 0 Å². The van der Waals surface area contributed by atoms with Crippen LogP contribution in [0.25, 0.3) is 10.2 Å². The highest BCUT2D eigenvalue weighted by Crippen LogP contribution is 2.29. The fourth-order valence-electron chi connectivity index (χ4n) is 4.04. The Morgan fingerprint density at radius 2 is 1.77 bits per heavy atom. The molecule has 2 heterocycles. The maximum atomic E-state index is 13.0. The summed E-state index contributed by atoms with van der Waals surface area (Å²) in [6.45, 7) is 7.21. The summed E-state index contributed by atoms with van der Waals surface area (Å²) in [7, 11) is -3.56. The molecule has 4 rings (SSSR count). The number of para-hydroxylation sites is 1. The second kappa shape index (κ2) is 8.09. The predicted molar refractivity (Wildman–Crippen MR) is 120 cm³/mol. The molecule has 0 spiro atoms. The zero-order valence-corrected chi connectivity index (χ0v) is 18.9. The standard InChI is InChI=1S/C22H25N3O3S2/c1-14-11-15(2)13-25(12-14)30(27,28)18-9-7-17(8-10-18)21(26)24-22-23-20-16(3)5-4-6-19(20)29-22/h4-10,14-15H,11-13H2,1-3H3,(H,23,24,26). The number of anilines is 1. The molecule has 1 N–H and O–H groups in total. The van der Waals surface area contributed by atoms with Crippen LogP contribution in [0.5, 0.6) is 0 Å². The van der Waals surface area contributed by atoms with E-state index in [-0.39, 0.29) is 10.8 Å². The van der Waals surface area contributed by atoms with Gasteiger partial charge in [0.15, 0.2) is 5.13 Å². The van der Waals surface area contributed by atoms with E-state index in [1.165, 1.54) is 23.5 Å². The number of piperidine rings is 1. The largest absolute Gasteiger partial charge is 0.298 e. The number of hydrogen-bond acceptors (Lipinski definition) is 5. The van der Waals surface area contributed by atoms with Gasteiger partial charge in [0.1, 0.15) is 0 Å². The minimum absolute atomic E-state index is 0.218. The lowest BCUT2D eigenvalue weighted by Crippen LogP contribution is -2.42. The van der Waals surface area contributed by atoms with E-state index >= 15 is 0 Å². The number of nitrogens with zero attached hydrogens (tertiary/aromatic N) is 2. The zero-order chi connectivity index (χ0) is 21.5. The van der Waals surface area contributed by atoms with Crippen LogP contribution in [0.15, 0.2) is 47.4 Å². The molecule has 6 nitrogen and oxygen atoms in total. The zero-order valence-electron chi connectivity index (χ0n) is 17.3. The number of benzene rings is 2. The number of nitrogens with one attached hydrogen (secondary N) is 1. The highest BCUT2D eigenvalue weighted by Gasteiger charge is 2.31. The molecule has 2 aromatic carbocycles. The molecule has 30 heavy (non-hydrogen) atoms. The first-order valence-electron chi connectivity index (χ1n) is 10.0. The van der Waals surface area contributed by atoms with Crippen molar-refractivity contribution in [3.05, 3.63) is 53.6 Å². The summed E-state index contributed by atoms with van der Waals surface area (Å²) in [5.41, 5.74) is 2.33. The Morgan fingerprint density at radius 1 is 1.10 bits per heavy atom. The lowest BCUT2D eigenvalue weighted by molar-refractivity contribution is 0.102. The molecule has 8 heteroatoms. The van der Waals surface area contributed by atoms with E-state index in [0.717, 1.165) is 22.2 Å². The SMILES string of the molecule is Cc1cccc2sc(NC(=O)c3ccc(S(=O)(=O)N4CC(C)CC(C)C4)cc3)nc12. The Balaban J connectivity index is 1.51. The third-order valence-corrected chi connectivity index (χ3v) is 8.21. The summed E-state index contributed by atoms with van der Waals surface area (Å²) in [6, 6.07) is 12.0. The van der Waals surface area contributed by atoms with Gasteiger partial charge < -0.3 is 0 Å². The topological polar surface area (TPSA) is 79.4 Å². The summed E-state index contributed by atoms with van der Waals surface area (Å²) in [4.78, 5) is 17.3. The van der Waals surface area contributed by atoms with Gasteiger partial charge in [-0.3, -0.25) is 10.1 Å². The van der Waals surface area contributed by atoms with Crippen LogP contribution in [0, 0.1) is 18.8 Å². The van der Waals surface area contributed by atoms with Gasteiger partial charge in [0.05, 0.1) is 15.1 Å². The normalized spacial score (nSPS) is 20.4. The van der Waals surface area contributed by atoms with Gasteiger partial charge in [-0.1, -0.05) is 37.3 Å². The third kappa shape index (κ3) is 4.12. The molecule has 1 aromatic heterocycles. The molecule has 2 unspecified atom stereocenters. The molecule has 0 saturated carbocycles. The van der Waals surface area contributed by atoms with Gasteiger partial charge in [-0.2, -0.15) is 4.31 Å². The summed E-state index contributed by atoms with van der Waals surface area (Å²) in [5.74, 6) is 0.368. The lowest BCUT2D eigenvalue weighted by Gasteiger charge is -2.34. The fraction of sp³-hybridized carbons (Fsp3) is 0.364. The molecular formula is C22H25N3O3S2. The van der Waals surface area contributed by atoms with Crippen molar-refractivity contribution in [1.82, 2.24) is 9.29 Å². The van der Waals surface area contributed by atoms with Gasteiger partial charge in [0, 0.05) is 18.7 Å². The molecule has 0 bridgehead atoms. The number of aryl methyl sites for hydroxylation is 1. The van der Waals surface area contributed by atoms with Gasteiger partial charge in [-0.05, 0) is 61.1 Å². The molecule has 0 radical (unpaired) electrons. The Labute approximate surface area is 181 Å². The first-order chi connectivity index (χ1) is 14.2. The molecule has 1 aliphatic heterocycles. The summed E-state index contributed by atoms with van der Waals surface area (Å²) < 4.78 is 28.6. The van der Waals surface area contributed by atoms with Crippen LogP contribution in [0.4, 0.5) is 5.13 Å². The van der Waals surface area contributed by atoms with Crippen LogP contribution in [0.3, 0.4) is 0 Å². The Morgan fingerprint density at radius 3 is 2.40 bits per heavy atom. The van der Waals surface area contributed by atoms with Crippen LogP contribution in [-0.2, 0) is 10.0 Å². The van der Waals surface area contributed by atoms with E-state index in [0.29, 0.717) is 35.6 Å². The number of carbonyl (C=O) groups is 1. The smallest absolute Gasteiger partial charge is 0.257 e. The Hall–Kier alpha value is -2.29. The number of hydrogen-bond donors (Lipinski definition) is 1. The van der Waals surface area contributed by atoms with Gasteiger partial charge >= 0.3 is 0 Å². The molecule has 1 fully saturated rings. The van der Waals surface area contributed by atoms with Crippen LogP contribution >= 0.6 is 11.3 Å². The van der Waals surface area contributed by atoms with Crippen LogP contribution in [0.1, 0.15) is 36.2 Å². The van der Waals surface area contributed by atoms with E-state index in [2.05, 4.69) is 24.1 Å². The van der Waals surface area contributed by atoms with E-state index in [1.807, 2.05) is 25.1 Å². The number of amides is 1. The minimum Gasteiger partial charge on any atom is -0.298 e. The molecule has 1 aliphatic rings. The highest BCUT2D eigenvalue weighted by atomic mass is 32.2. The highest BCUT2D eigenvalue weighted by molar-refractivity contribution is 7.89. The molecule has 1 saturated heterocycles. The number of carbonyl (C=O) groups excluding carboxylic acids is 1. The first-order valence-corrected chi connectivity index (χ1v) is 12.3. The van der Waals surface area contributed by atoms with Crippen LogP contribution in [-0.4, -0.2) is 36.7 Å². The van der Waals surface area contributed by atoms with E-state index in [9.17, 15) is 13.2 Å². The monoisotopic (exact) mass is 443 g/mol. The van der Waals surface area contributed by atoms with Crippen LogP contribution in [0.2, 0.25) is 0 Å².